The third kappa shape index (κ3) is 5.74. The summed E-state index contributed by atoms with van der Waals surface area (Å²) in [7, 11) is 2.98. The smallest absolute Gasteiger partial charge is 0.240 e. The van der Waals surface area contributed by atoms with Gasteiger partial charge in [0.05, 0.1) is 0 Å². The molecule has 12 rings (SSSR count). The van der Waals surface area contributed by atoms with Crippen molar-refractivity contribution in [2.24, 2.45) is 35.5 Å². The van der Waals surface area contributed by atoms with Gasteiger partial charge in [-0.05, 0) is 135 Å². The first-order chi connectivity index (χ1) is 22.5. The molecular weight excluding hydrogens is 654 g/mol. The van der Waals surface area contributed by atoms with E-state index in [1.165, 1.54) is 55.8 Å². The monoisotopic (exact) mass is 702 g/mol. The van der Waals surface area contributed by atoms with Crippen molar-refractivity contribution in [2.45, 2.75) is 98.7 Å². The molecule has 0 N–H and O–H groups in total. The Hall–Kier alpha value is -1.76. The summed E-state index contributed by atoms with van der Waals surface area (Å²) in [5, 5.41) is 0.575. The molecule has 8 saturated carbocycles. The van der Waals surface area contributed by atoms with Gasteiger partial charge in [0.15, 0.2) is 0 Å². The molecule has 47 heavy (non-hydrogen) atoms. The maximum absolute atomic E-state index is 4.81. The third-order valence-corrected chi connectivity index (χ3v) is 18.1. The topological polar surface area (TPSA) is 51.6 Å². The third-order valence-electron chi connectivity index (χ3n) is 13.2. The minimum atomic E-state index is -0.648. The van der Waals surface area contributed by atoms with Crippen molar-refractivity contribution in [1.29, 1.82) is 0 Å². The quantitative estimate of drug-likeness (QED) is 0.109. The number of nitrogens with zero attached hydrogens (tertiary/aromatic N) is 4. The summed E-state index contributed by atoms with van der Waals surface area (Å²) < 4.78 is 0. The van der Waals surface area contributed by atoms with Gasteiger partial charge in [-0.1, -0.05) is 6.16 Å². The predicted octanol–water partition coefficient (Wildman–Crippen LogP) is 9.47. The molecule has 2 heterocycles. The summed E-state index contributed by atoms with van der Waals surface area (Å²) in [6.07, 6.45) is 27.2. The van der Waals surface area contributed by atoms with Crippen molar-refractivity contribution in [2.75, 3.05) is 0 Å². The van der Waals surface area contributed by atoms with Crippen LogP contribution in [0.25, 0.3) is 0 Å². The summed E-state index contributed by atoms with van der Waals surface area (Å²) in [5.41, 5.74) is 2.83. The summed E-state index contributed by atoms with van der Waals surface area (Å²) >= 11 is 0. The van der Waals surface area contributed by atoms with Crippen molar-refractivity contribution >= 4 is 17.2 Å². The minimum Gasteiger partial charge on any atom is -0.240 e. The van der Waals surface area contributed by atoms with Crippen LogP contribution < -0.4 is 0 Å². The molecule has 0 spiro atoms. The molecule has 0 saturated heterocycles. The molecule has 8 aliphatic carbocycles. The zero-order chi connectivity index (χ0) is 30.8. The van der Waals surface area contributed by atoms with Crippen LogP contribution >= 0.6 is 17.2 Å². The van der Waals surface area contributed by atoms with Gasteiger partial charge in [0, 0.05) is 24.8 Å². The van der Waals surface area contributed by atoms with E-state index in [0.29, 0.717) is 10.3 Å². The van der Waals surface area contributed by atoms with Gasteiger partial charge in [-0.2, -0.15) is 35.9 Å². The van der Waals surface area contributed by atoms with Gasteiger partial charge >= 0.3 is 17.1 Å². The molecule has 8 fully saturated rings. The summed E-state index contributed by atoms with van der Waals surface area (Å²) in [4.78, 5) is 19.2. The van der Waals surface area contributed by atoms with Crippen LogP contribution in [0.1, 0.15) is 99.8 Å². The molecule has 4 aromatic rings. The standard InChI is InChI=1S/C35H43N4P2.C5H5.Fe/c40-35(31-36-6-2-7-37-31,32-38-8-3-9-39-32)30-5-1-4-29(30)22-41(33-16-23-10-24(17-33)12-25(11-23)18-33)34-19-26-13-27(20-34)15-28(14-26)21-34;1-2-4-5-3-1;/h1-9,23-28H,10-22,40H2;1-5H;/q2*-1;+2. The molecule has 0 radical (unpaired) electrons. The zero-order valence-electron chi connectivity index (χ0n) is 27.4. The number of rotatable bonds is 7. The fourth-order valence-electron chi connectivity index (χ4n) is 12.4. The van der Waals surface area contributed by atoms with E-state index in [1.807, 2.05) is 67.3 Å². The first kappa shape index (κ1) is 32.4. The molecule has 1 unspecified atom stereocenters. The van der Waals surface area contributed by atoms with Gasteiger partial charge in [-0.15, -0.1) is 22.7 Å². The van der Waals surface area contributed by atoms with Gasteiger partial charge in [0.25, 0.3) is 0 Å². The molecule has 0 aliphatic heterocycles. The largest absolute Gasteiger partial charge is 2.00 e. The number of hydrogen-bond donors (Lipinski definition) is 0. The Morgan fingerprint density at radius 1 is 0.638 bits per heavy atom. The second kappa shape index (κ2) is 12.8. The maximum Gasteiger partial charge on any atom is 2.00 e. The summed E-state index contributed by atoms with van der Waals surface area (Å²) in [6.45, 7) is 0. The number of hydrogen-bond acceptors (Lipinski definition) is 4. The Bertz CT molecular complexity index is 1450. The van der Waals surface area contributed by atoms with E-state index >= 15 is 0 Å². The van der Waals surface area contributed by atoms with Crippen LogP contribution in [0.2, 0.25) is 0 Å². The first-order valence-electron chi connectivity index (χ1n) is 18.0. The van der Waals surface area contributed by atoms with Crippen LogP contribution in [0.15, 0.2) is 85.5 Å². The van der Waals surface area contributed by atoms with Crippen LogP contribution in [-0.2, 0) is 28.4 Å². The van der Waals surface area contributed by atoms with Crippen molar-refractivity contribution in [3.63, 3.8) is 0 Å². The molecule has 8 aliphatic rings. The molecule has 7 heteroatoms. The summed E-state index contributed by atoms with van der Waals surface area (Å²) in [5.74, 6) is 7.61. The van der Waals surface area contributed by atoms with Crippen LogP contribution in [-0.4, -0.2) is 30.2 Å². The van der Waals surface area contributed by atoms with Crippen molar-refractivity contribution in [3.05, 3.63) is 108 Å². The van der Waals surface area contributed by atoms with E-state index in [9.17, 15) is 0 Å². The van der Waals surface area contributed by atoms with E-state index in [2.05, 4.69) is 27.4 Å². The fraction of sp³-hybridized carbons (Fsp3) is 0.550. The zero-order valence-corrected chi connectivity index (χ0v) is 30.6. The Morgan fingerprint density at radius 3 is 1.40 bits per heavy atom. The van der Waals surface area contributed by atoms with Gasteiger partial charge in [0.1, 0.15) is 16.8 Å². The molecule has 1 atom stereocenters. The van der Waals surface area contributed by atoms with Crippen molar-refractivity contribution in [1.82, 2.24) is 19.9 Å². The van der Waals surface area contributed by atoms with Gasteiger partial charge in [0.2, 0.25) is 0 Å². The van der Waals surface area contributed by atoms with E-state index in [0.717, 1.165) is 47.2 Å². The van der Waals surface area contributed by atoms with Crippen molar-refractivity contribution in [3.8, 4) is 0 Å². The van der Waals surface area contributed by atoms with Crippen LogP contribution in [0.5, 0.6) is 0 Å². The minimum absolute atomic E-state index is 0. The van der Waals surface area contributed by atoms with Crippen LogP contribution in [0, 0.1) is 35.5 Å². The Balaban J connectivity index is 0.000000497. The molecule has 246 valence electrons. The number of aromatic nitrogens is 4. The Labute approximate surface area is 295 Å². The molecule has 2 aromatic carbocycles. The normalized spacial score (nSPS) is 35.2. The van der Waals surface area contributed by atoms with Gasteiger partial charge in [-0.25, -0.2) is 38.1 Å². The Kier molecular flexibility index (Phi) is 8.87. The van der Waals surface area contributed by atoms with Gasteiger partial charge in [-0.3, -0.25) is 0 Å². The Morgan fingerprint density at radius 2 is 1.04 bits per heavy atom. The summed E-state index contributed by atoms with van der Waals surface area (Å²) in [6, 6.07) is 20.9. The van der Waals surface area contributed by atoms with Crippen molar-refractivity contribution < 1.29 is 17.1 Å². The van der Waals surface area contributed by atoms with E-state index in [4.69, 9.17) is 19.9 Å². The second-order valence-electron chi connectivity index (χ2n) is 16.2. The maximum atomic E-state index is 4.81. The first-order valence-corrected chi connectivity index (χ1v) is 20.2. The van der Waals surface area contributed by atoms with E-state index in [1.54, 1.807) is 38.5 Å². The molecule has 8 bridgehead atoms. The van der Waals surface area contributed by atoms with Crippen LogP contribution in [0.4, 0.5) is 0 Å². The average Bonchev–Trinajstić information content (AvgIpc) is 3.79. The molecular formula is C40H48FeN4P2. The fourth-order valence-corrected chi connectivity index (χ4v) is 18.2. The SMILES string of the molecule is PC(c1ncccn1)(c1ncccn1)c1[cH-]ccc1CP(C12CC3CC(CC(C3)C1)C2)C12CC3CC(CC(C3)C1)C2.[Fe+2].c1cc[cH-]c1. The predicted molar refractivity (Wildman–Crippen MR) is 190 cm³/mol. The van der Waals surface area contributed by atoms with E-state index in [-0.39, 0.29) is 25.0 Å². The van der Waals surface area contributed by atoms with E-state index < -0.39 is 5.16 Å². The molecule has 4 nitrogen and oxygen atoms in total. The average molecular weight is 703 g/mol. The molecule has 2 aromatic heterocycles. The van der Waals surface area contributed by atoms with Gasteiger partial charge < -0.3 is 0 Å². The second-order valence-corrected chi connectivity index (χ2v) is 20.2. The molecule has 0 amide bonds. The van der Waals surface area contributed by atoms with Crippen LogP contribution in [0.3, 0.4) is 0 Å².